The molecule has 17 heavy (non-hydrogen) atoms. The molecule has 0 aliphatic carbocycles. The van der Waals surface area contributed by atoms with Crippen LogP contribution < -0.4 is 10.5 Å². The van der Waals surface area contributed by atoms with E-state index in [1.54, 1.807) is 0 Å². The summed E-state index contributed by atoms with van der Waals surface area (Å²) < 4.78 is 39.7. The minimum absolute atomic E-state index is 0.325. The van der Waals surface area contributed by atoms with Crippen LogP contribution in [0.5, 0.6) is 0 Å². The number of anilines is 1. The first-order chi connectivity index (χ1) is 7.95. The molecule has 96 valence electrons. The smallest absolute Gasteiger partial charge is 0.301 e. The summed E-state index contributed by atoms with van der Waals surface area (Å²) in [5.74, 6) is -0.413. The van der Waals surface area contributed by atoms with Gasteiger partial charge in [-0.1, -0.05) is 0 Å². The minimum Gasteiger partial charge on any atom is -0.330 e. The molecule has 3 N–H and O–H groups in total. The van der Waals surface area contributed by atoms with Gasteiger partial charge in [-0.2, -0.15) is 12.7 Å². The van der Waals surface area contributed by atoms with E-state index in [1.807, 2.05) is 0 Å². The van der Waals surface area contributed by atoms with E-state index in [0.717, 1.165) is 0 Å². The van der Waals surface area contributed by atoms with Crippen LogP contribution in [0, 0.1) is 5.82 Å². The van der Waals surface area contributed by atoms with Gasteiger partial charge < -0.3 is 5.73 Å². The van der Waals surface area contributed by atoms with Gasteiger partial charge in [-0.15, -0.1) is 0 Å². The van der Waals surface area contributed by atoms with Crippen LogP contribution in [0.3, 0.4) is 0 Å². The van der Waals surface area contributed by atoms with E-state index in [1.165, 1.54) is 35.6 Å². The van der Waals surface area contributed by atoms with Crippen molar-refractivity contribution < 1.29 is 12.8 Å². The Kier molecular flexibility index (Phi) is 4.86. The Hall–Kier alpha value is -1.18. The number of benzene rings is 1. The third-order valence-corrected chi connectivity index (χ3v) is 3.68. The van der Waals surface area contributed by atoms with Gasteiger partial charge in [-0.25, -0.2) is 4.39 Å². The van der Waals surface area contributed by atoms with Crippen LogP contribution in [0.4, 0.5) is 10.1 Å². The van der Waals surface area contributed by atoms with Crippen LogP contribution in [0.25, 0.3) is 0 Å². The molecule has 0 unspecified atom stereocenters. The second kappa shape index (κ2) is 5.95. The standard InChI is InChI=1S/C10H16FN3O2S/c1-14(8-2-7-12)17(15,16)13-10-5-3-9(11)4-6-10/h3-6,13H,2,7-8,12H2,1H3. The Bertz CT molecular complexity index is 447. The Morgan fingerprint density at radius 2 is 1.94 bits per heavy atom. The normalized spacial score (nSPS) is 11.8. The summed E-state index contributed by atoms with van der Waals surface area (Å²) in [6.45, 7) is 0.767. The molecule has 0 aliphatic rings. The molecule has 1 aromatic rings. The third kappa shape index (κ3) is 4.29. The highest BCUT2D eigenvalue weighted by atomic mass is 32.2. The molecule has 0 aromatic heterocycles. The fraction of sp³-hybridized carbons (Fsp3) is 0.400. The van der Waals surface area contributed by atoms with E-state index in [9.17, 15) is 12.8 Å². The minimum atomic E-state index is -3.59. The molecule has 7 heteroatoms. The van der Waals surface area contributed by atoms with E-state index in [2.05, 4.69) is 4.72 Å². The number of nitrogens with zero attached hydrogens (tertiary/aromatic N) is 1. The first-order valence-electron chi connectivity index (χ1n) is 5.15. The van der Waals surface area contributed by atoms with Crippen LogP contribution in [0.15, 0.2) is 24.3 Å². The van der Waals surface area contributed by atoms with Crippen LogP contribution in [0.1, 0.15) is 6.42 Å². The Morgan fingerprint density at radius 3 is 2.47 bits per heavy atom. The number of halogens is 1. The van der Waals surface area contributed by atoms with Gasteiger partial charge in [0, 0.05) is 19.3 Å². The lowest BCUT2D eigenvalue weighted by atomic mass is 10.3. The summed E-state index contributed by atoms with van der Waals surface area (Å²) in [5, 5.41) is 0. The fourth-order valence-corrected chi connectivity index (χ4v) is 2.14. The number of nitrogens with two attached hydrogens (primary N) is 1. The van der Waals surface area contributed by atoms with Crippen molar-refractivity contribution >= 4 is 15.9 Å². The van der Waals surface area contributed by atoms with Gasteiger partial charge in [0.15, 0.2) is 0 Å². The average molecular weight is 261 g/mol. The Labute approximate surface area is 101 Å². The van der Waals surface area contributed by atoms with E-state index < -0.39 is 16.0 Å². The molecule has 0 saturated carbocycles. The maximum absolute atomic E-state index is 12.6. The molecular weight excluding hydrogens is 245 g/mol. The highest BCUT2D eigenvalue weighted by Gasteiger charge is 2.16. The summed E-state index contributed by atoms with van der Waals surface area (Å²) in [7, 11) is -2.13. The van der Waals surface area contributed by atoms with Gasteiger partial charge in [0.05, 0.1) is 0 Å². The average Bonchev–Trinajstić information content (AvgIpc) is 2.28. The fourth-order valence-electron chi connectivity index (χ4n) is 1.18. The van der Waals surface area contributed by atoms with Crippen molar-refractivity contribution in [1.82, 2.24) is 4.31 Å². The number of nitrogens with one attached hydrogen (secondary N) is 1. The quantitative estimate of drug-likeness (QED) is 0.794. The second-order valence-corrected chi connectivity index (χ2v) is 5.36. The zero-order chi connectivity index (χ0) is 12.9. The van der Waals surface area contributed by atoms with Gasteiger partial charge in [-0.3, -0.25) is 4.72 Å². The molecule has 0 saturated heterocycles. The van der Waals surface area contributed by atoms with E-state index in [0.29, 0.717) is 25.2 Å². The second-order valence-electron chi connectivity index (χ2n) is 3.58. The number of hydrogen-bond donors (Lipinski definition) is 2. The zero-order valence-electron chi connectivity index (χ0n) is 9.56. The number of rotatable bonds is 6. The van der Waals surface area contributed by atoms with Crippen molar-refractivity contribution in [3.63, 3.8) is 0 Å². The highest BCUT2D eigenvalue weighted by Crippen LogP contribution is 2.11. The lowest BCUT2D eigenvalue weighted by Gasteiger charge is -2.17. The largest absolute Gasteiger partial charge is 0.330 e. The maximum Gasteiger partial charge on any atom is 0.301 e. The highest BCUT2D eigenvalue weighted by molar-refractivity contribution is 7.90. The van der Waals surface area contributed by atoms with Crippen molar-refractivity contribution in [3.8, 4) is 0 Å². The van der Waals surface area contributed by atoms with Gasteiger partial charge in [0.25, 0.3) is 0 Å². The third-order valence-electron chi connectivity index (χ3n) is 2.18. The van der Waals surface area contributed by atoms with Crippen LogP contribution in [-0.4, -0.2) is 32.9 Å². The molecule has 0 atom stereocenters. The first-order valence-corrected chi connectivity index (χ1v) is 6.59. The topological polar surface area (TPSA) is 75.4 Å². The van der Waals surface area contributed by atoms with Gasteiger partial charge >= 0.3 is 10.2 Å². The van der Waals surface area contributed by atoms with Gasteiger partial charge in [0.1, 0.15) is 5.82 Å². The Morgan fingerprint density at radius 1 is 1.35 bits per heavy atom. The lowest BCUT2D eigenvalue weighted by molar-refractivity contribution is 0.468. The molecule has 0 aliphatic heterocycles. The van der Waals surface area contributed by atoms with Gasteiger partial charge in [-0.05, 0) is 37.2 Å². The van der Waals surface area contributed by atoms with Crippen LogP contribution in [-0.2, 0) is 10.2 Å². The van der Waals surface area contributed by atoms with E-state index >= 15 is 0 Å². The van der Waals surface area contributed by atoms with Crippen molar-refractivity contribution in [1.29, 1.82) is 0 Å². The Balaban J connectivity index is 2.69. The first kappa shape index (κ1) is 13.9. The predicted molar refractivity (Wildman–Crippen MR) is 65.2 cm³/mol. The van der Waals surface area contributed by atoms with E-state index in [-0.39, 0.29) is 0 Å². The monoisotopic (exact) mass is 261 g/mol. The maximum atomic E-state index is 12.6. The predicted octanol–water partition coefficient (Wildman–Crippen LogP) is 0.763. The molecule has 0 heterocycles. The molecule has 1 rings (SSSR count). The molecule has 5 nitrogen and oxygen atoms in total. The molecule has 0 amide bonds. The molecule has 0 spiro atoms. The lowest BCUT2D eigenvalue weighted by Crippen LogP contribution is -2.34. The van der Waals surface area contributed by atoms with Crippen molar-refractivity contribution in [2.75, 3.05) is 24.9 Å². The van der Waals surface area contributed by atoms with Crippen LogP contribution >= 0.6 is 0 Å². The molecule has 0 fully saturated rings. The number of hydrogen-bond acceptors (Lipinski definition) is 3. The molecule has 0 bridgehead atoms. The van der Waals surface area contributed by atoms with Gasteiger partial charge in [0.2, 0.25) is 0 Å². The molecule has 0 radical (unpaired) electrons. The molecular formula is C10H16FN3O2S. The summed E-state index contributed by atoms with van der Waals surface area (Å²) >= 11 is 0. The molecule has 1 aromatic carbocycles. The van der Waals surface area contributed by atoms with E-state index in [4.69, 9.17) is 5.73 Å². The van der Waals surface area contributed by atoms with Crippen molar-refractivity contribution in [3.05, 3.63) is 30.1 Å². The zero-order valence-corrected chi connectivity index (χ0v) is 10.4. The van der Waals surface area contributed by atoms with Crippen LogP contribution in [0.2, 0.25) is 0 Å². The summed E-state index contributed by atoms with van der Waals surface area (Å²) in [5.41, 5.74) is 5.63. The SMILES string of the molecule is CN(CCCN)S(=O)(=O)Nc1ccc(F)cc1. The van der Waals surface area contributed by atoms with Crippen molar-refractivity contribution in [2.45, 2.75) is 6.42 Å². The van der Waals surface area contributed by atoms with Crippen molar-refractivity contribution in [2.24, 2.45) is 5.73 Å². The summed E-state index contributed by atoms with van der Waals surface area (Å²) in [6.07, 6.45) is 0.584. The summed E-state index contributed by atoms with van der Waals surface area (Å²) in [6, 6.07) is 5.11. The summed E-state index contributed by atoms with van der Waals surface area (Å²) in [4.78, 5) is 0.